The number of esters is 1. The second kappa shape index (κ2) is 9.44. The maximum Gasteiger partial charge on any atom is 0.337 e. The Morgan fingerprint density at radius 3 is 2.16 bits per heavy atom. The number of amides is 1. The number of carbonyl (C=O) groups is 2. The Balaban J connectivity index is 1.91. The number of methoxy groups -OCH3 is 1. The lowest BCUT2D eigenvalue weighted by Gasteiger charge is -2.24. The van der Waals surface area contributed by atoms with Crippen LogP contribution in [0.4, 0.5) is 11.4 Å². The third-order valence-corrected chi connectivity index (χ3v) is 6.38. The van der Waals surface area contributed by atoms with E-state index in [1.54, 1.807) is 67.6 Å². The second-order valence-electron chi connectivity index (χ2n) is 6.73. The molecule has 0 aliphatic carbocycles. The number of anilines is 2. The van der Waals surface area contributed by atoms with Gasteiger partial charge in [0.25, 0.3) is 10.0 Å². The maximum atomic E-state index is 13.3. The van der Waals surface area contributed by atoms with Crippen LogP contribution < -0.4 is 9.62 Å². The Bertz CT molecular complexity index is 1180. The summed E-state index contributed by atoms with van der Waals surface area (Å²) in [5.74, 6) is -1.08. The number of benzene rings is 3. The highest BCUT2D eigenvalue weighted by Gasteiger charge is 2.27. The van der Waals surface area contributed by atoms with Crippen LogP contribution in [0.15, 0.2) is 83.8 Å². The van der Waals surface area contributed by atoms with Gasteiger partial charge in [-0.05, 0) is 48.9 Å². The first-order chi connectivity index (χ1) is 14.8. The summed E-state index contributed by atoms with van der Waals surface area (Å²) in [6.45, 7) is 1.33. The molecule has 0 radical (unpaired) electrons. The number of ether oxygens (including phenoxy) is 1. The number of aryl methyl sites for hydroxylation is 1. The SMILES string of the molecule is COC(=O)c1ccc(C)c(NC(=O)CN(c2ccccc2)S(=O)(=O)c2ccccc2)c1. The molecule has 0 aliphatic rings. The Kier molecular flexibility index (Phi) is 6.71. The molecule has 8 heteroatoms. The summed E-state index contributed by atoms with van der Waals surface area (Å²) in [7, 11) is -2.71. The van der Waals surface area contributed by atoms with Crippen LogP contribution >= 0.6 is 0 Å². The first-order valence-corrected chi connectivity index (χ1v) is 10.9. The third-order valence-electron chi connectivity index (χ3n) is 4.60. The van der Waals surface area contributed by atoms with Gasteiger partial charge in [0, 0.05) is 5.69 Å². The summed E-state index contributed by atoms with van der Waals surface area (Å²) in [5.41, 5.74) is 1.76. The highest BCUT2D eigenvalue weighted by atomic mass is 32.2. The first-order valence-electron chi connectivity index (χ1n) is 9.44. The van der Waals surface area contributed by atoms with Crippen LogP contribution in [-0.4, -0.2) is 33.9 Å². The van der Waals surface area contributed by atoms with Crippen molar-refractivity contribution in [1.29, 1.82) is 0 Å². The highest BCUT2D eigenvalue weighted by molar-refractivity contribution is 7.92. The standard InChI is InChI=1S/C23H22N2O5S/c1-17-13-14-18(23(27)30-2)15-21(17)24-22(26)16-25(19-9-5-3-6-10-19)31(28,29)20-11-7-4-8-12-20/h3-15H,16H2,1-2H3,(H,24,26). The minimum atomic E-state index is -3.98. The molecule has 1 amide bonds. The van der Waals surface area contributed by atoms with Crippen LogP contribution in [0.2, 0.25) is 0 Å². The number of nitrogens with zero attached hydrogens (tertiary/aromatic N) is 1. The van der Waals surface area contributed by atoms with Crippen molar-refractivity contribution in [2.75, 3.05) is 23.3 Å². The maximum absolute atomic E-state index is 13.3. The smallest absolute Gasteiger partial charge is 0.337 e. The van der Waals surface area contributed by atoms with Gasteiger partial charge in [0.15, 0.2) is 0 Å². The molecule has 0 atom stereocenters. The summed E-state index contributed by atoms with van der Waals surface area (Å²) < 4.78 is 32.3. The topological polar surface area (TPSA) is 92.8 Å². The summed E-state index contributed by atoms with van der Waals surface area (Å²) in [4.78, 5) is 24.7. The number of sulfonamides is 1. The van der Waals surface area contributed by atoms with Gasteiger partial charge in [-0.25, -0.2) is 13.2 Å². The lowest BCUT2D eigenvalue weighted by atomic mass is 10.1. The molecule has 0 saturated carbocycles. The highest BCUT2D eigenvalue weighted by Crippen LogP contribution is 2.24. The van der Waals surface area contributed by atoms with Crippen LogP contribution in [0.5, 0.6) is 0 Å². The first kappa shape index (κ1) is 22.0. The molecule has 3 rings (SSSR count). The molecule has 0 bridgehead atoms. The largest absolute Gasteiger partial charge is 0.465 e. The van der Waals surface area contributed by atoms with E-state index in [0.29, 0.717) is 11.4 Å². The lowest BCUT2D eigenvalue weighted by Crippen LogP contribution is -2.38. The van der Waals surface area contributed by atoms with Gasteiger partial charge in [0.2, 0.25) is 5.91 Å². The molecule has 3 aromatic carbocycles. The van der Waals surface area contributed by atoms with Crippen molar-refractivity contribution in [2.24, 2.45) is 0 Å². The van der Waals surface area contributed by atoms with Gasteiger partial charge in [-0.3, -0.25) is 9.10 Å². The van der Waals surface area contributed by atoms with Gasteiger partial charge in [-0.15, -0.1) is 0 Å². The van der Waals surface area contributed by atoms with E-state index in [2.05, 4.69) is 5.32 Å². The van der Waals surface area contributed by atoms with Crippen LogP contribution in [0.1, 0.15) is 15.9 Å². The number of rotatable bonds is 7. The van der Waals surface area contributed by atoms with E-state index in [1.807, 2.05) is 0 Å². The van der Waals surface area contributed by atoms with E-state index in [0.717, 1.165) is 9.87 Å². The van der Waals surface area contributed by atoms with Crippen molar-refractivity contribution < 1.29 is 22.7 Å². The molecular weight excluding hydrogens is 416 g/mol. The Morgan fingerprint density at radius 2 is 1.55 bits per heavy atom. The fourth-order valence-corrected chi connectivity index (χ4v) is 4.39. The number of nitrogens with one attached hydrogen (secondary N) is 1. The fraction of sp³-hybridized carbons (Fsp3) is 0.130. The molecule has 3 aromatic rings. The average molecular weight is 439 g/mol. The average Bonchev–Trinajstić information content (AvgIpc) is 2.79. The Hall–Kier alpha value is -3.65. The fourth-order valence-electron chi connectivity index (χ4n) is 2.95. The molecule has 0 aromatic heterocycles. The van der Waals surface area contributed by atoms with Crippen molar-refractivity contribution in [3.8, 4) is 0 Å². The van der Waals surface area contributed by atoms with Gasteiger partial charge in [0.05, 0.1) is 23.3 Å². The van der Waals surface area contributed by atoms with Crippen LogP contribution in [0, 0.1) is 6.92 Å². The molecule has 0 unspecified atom stereocenters. The van der Waals surface area contributed by atoms with E-state index >= 15 is 0 Å². The van der Waals surface area contributed by atoms with Gasteiger partial charge in [0.1, 0.15) is 6.54 Å². The monoisotopic (exact) mass is 438 g/mol. The molecule has 0 aliphatic heterocycles. The summed E-state index contributed by atoms with van der Waals surface area (Å²) in [5, 5.41) is 2.70. The minimum Gasteiger partial charge on any atom is -0.465 e. The lowest BCUT2D eigenvalue weighted by molar-refractivity contribution is -0.114. The van der Waals surface area contributed by atoms with Gasteiger partial charge in [-0.1, -0.05) is 42.5 Å². The summed E-state index contributed by atoms with van der Waals surface area (Å²) in [6.07, 6.45) is 0. The van der Waals surface area contributed by atoms with Crippen molar-refractivity contribution in [3.05, 3.63) is 90.0 Å². The normalized spacial score (nSPS) is 10.9. The number of hydrogen-bond acceptors (Lipinski definition) is 5. The second-order valence-corrected chi connectivity index (χ2v) is 8.59. The Morgan fingerprint density at radius 1 is 0.935 bits per heavy atom. The Labute approximate surface area is 181 Å². The predicted molar refractivity (Wildman–Crippen MR) is 119 cm³/mol. The van der Waals surface area contributed by atoms with Crippen molar-refractivity contribution in [3.63, 3.8) is 0 Å². The van der Waals surface area contributed by atoms with Gasteiger partial charge in [-0.2, -0.15) is 0 Å². The van der Waals surface area contributed by atoms with Crippen molar-refractivity contribution in [2.45, 2.75) is 11.8 Å². The molecular formula is C23H22N2O5S. The predicted octanol–water partition coefficient (Wildman–Crippen LogP) is 3.62. The van der Waals surface area contributed by atoms with Gasteiger partial charge >= 0.3 is 5.97 Å². The van der Waals surface area contributed by atoms with E-state index in [9.17, 15) is 18.0 Å². The summed E-state index contributed by atoms with van der Waals surface area (Å²) in [6, 6.07) is 21.1. The molecule has 0 spiro atoms. The quantitative estimate of drug-likeness (QED) is 0.569. The molecule has 0 fully saturated rings. The van der Waals surface area contributed by atoms with Crippen molar-refractivity contribution >= 4 is 33.3 Å². The van der Waals surface area contributed by atoms with E-state index < -0.39 is 28.4 Å². The molecule has 1 N–H and O–H groups in total. The van der Waals surface area contributed by atoms with Gasteiger partial charge < -0.3 is 10.1 Å². The zero-order valence-electron chi connectivity index (χ0n) is 17.1. The van der Waals surface area contributed by atoms with Crippen LogP contribution in [0.3, 0.4) is 0 Å². The molecule has 0 heterocycles. The zero-order valence-corrected chi connectivity index (χ0v) is 17.9. The van der Waals surface area contributed by atoms with Crippen molar-refractivity contribution in [1.82, 2.24) is 0 Å². The molecule has 31 heavy (non-hydrogen) atoms. The van der Waals surface area contributed by atoms with E-state index in [1.165, 1.54) is 25.3 Å². The summed E-state index contributed by atoms with van der Waals surface area (Å²) >= 11 is 0. The third kappa shape index (κ3) is 5.10. The molecule has 0 saturated heterocycles. The van der Waals surface area contributed by atoms with Crippen LogP contribution in [0.25, 0.3) is 0 Å². The molecule has 160 valence electrons. The zero-order chi connectivity index (χ0) is 22.4. The van der Waals surface area contributed by atoms with E-state index in [4.69, 9.17) is 4.74 Å². The number of para-hydroxylation sites is 1. The minimum absolute atomic E-state index is 0.0792. The molecule has 7 nitrogen and oxygen atoms in total. The number of hydrogen-bond donors (Lipinski definition) is 1. The number of carbonyl (C=O) groups excluding carboxylic acids is 2. The van der Waals surface area contributed by atoms with E-state index in [-0.39, 0.29) is 10.5 Å². The van der Waals surface area contributed by atoms with Crippen LogP contribution in [-0.2, 0) is 19.6 Å².